The van der Waals surface area contributed by atoms with Crippen molar-refractivity contribution in [2.24, 2.45) is 0 Å². The average Bonchev–Trinajstić information content (AvgIpc) is 3.11. The number of aromatic nitrogens is 2. The van der Waals surface area contributed by atoms with Gasteiger partial charge in [-0.25, -0.2) is 4.98 Å². The summed E-state index contributed by atoms with van der Waals surface area (Å²) in [5.74, 6) is 1.19. The van der Waals surface area contributed by atoms with Gasteiger partial charge in [0.05, 0.1) is 17.6 Å². The summed E-state index contributed by atoms with van der Waals surface area (Å²) in [7, 11) is 0. The molecular weight excluding hydrogens is 398 g/mol. The number of aryl methyl sites for hydroxylation is 1. The highest BCUT2D eigenvalue weighted by atomic mass is 35.5. The van der Waals surface area contributed by atoms with Crippen molar-refractivity contribution < 1.29 is 9.53 Å². The van der Waals surface area contributed by atoms with E-state index in [9.17, 15) is 4.79 Å². The van der Waals surface area contributed by atoms with Crippen LogP contribution in [0.1, 0.15) is 17.0 Å². The molecule has 0 saturated heterocycles. The van der Waals surface area contributed by atoms with Gasteiger partial charge < -0.3 is 14.6 Å². The molecular formula is C24H22ClN3O2. The fraction of sp³-hybridized carbons (Fsp3) is 0.167. The second kappa shape index (κ2) is 9.01. The van der Waals surface area contributed by atoms with Gasteiger partial charge in [-0.1, -0.05) is 53.6 Å². The molecule has 30 heavy (non-hydrogen) atoms. The highest BCUT2D eigenvalue weighted by molar-refractivity contribution is 6.30. The van der Waals surface area contributed by atoms with E-state index in [0.29, 0.717) is 23.9 Å². The minimum absolute atomic E-state index is 0.0696. The molecule has 1 amide bonds. The van der Waals surface area contributed by atoms with Crippen molar-refractivity contribution in [1.82, 2.24) is 14.9 Å². The molecule has 4 rings (SSSR count). The summed E-state index contributed by atoms with van der Waals surface area (Å²) in [6, 6.07) is 23.3. The maximum atomic E-state index is 12.3. The Morgan fingerprint density at radius 1 is 1.03 bits per heavy atom. The molecule has 3 aromatic carbocycles. The Morgan fingerprint density at radius 2 is 1.77 bits per heavy atom. The molecule has 0 aliphatic rings. The number of carbonyl (C=O) groups excluding carboxylic acids is 1. The van der Waals surface area contributed by atoms with Crippen molar-refractivity contribution in [1.29, 1.82) is 0 Å². The van der Waals surface area contributed by atoms with Crippen LogP contribution in [0.25, 0.3) is 11.0 Å². The van der Waals surface area contributed by atoms with Crippen molar-refractivity contribution in [3.63, 3.8) is 0 Å². The second-order valence-electron chi connectivity index (χ2n) is 7.11. The number of benzene rings is 3. The molecule has 0 aliphatic carbocycles. The Bertz CT molecular complexity index is 1150. The molecule has 5 nitrogen and oxygen atoms in total. The second-order valence-corrected chi connectivity index (χ2v) is 7.54. The first-order valence-corrected chi connectivity index (χ1v) is 10.1. The van der Waals surface area contributed by atoms with E-state index in [4.69, 9.17) is 21.3 Å². The highest BCUT2D eigenvalue weighted by Gasteiger charge is 2.12. The molecule has 1 heterocycles. The summed E-state index contributed by atoms with van der Waals surface area (Å²) in [4.78, 5) is 17.0. The third kappa shape index (κ3) is 4.81. The Kier molecular flexibility index (Phi) is 6.00. The van der Waals surface area contributed by atoms with Crippen LogP contribution >= 0.6 is 11.6 Å². The number of amides is 1. The Balaban J connectivity index is 1.45. The van der Waals surface area contributed by atoms with Crippen LogP contribution in [0.15, 0.2) is 72.8 Å². The zero-order valence-corrected chi connectivity index (χ0v) is 17.4. The normalized spacial score (nSPS) is 10.9. The number of halogens is 1. The van der Waals surface area contributed by atoms with Crippen molar-refractivity contribution >= 4 is 28.5 Å². The van der Waals surface area contributed by atoms with E-state index in [-0.39, 0.29) is 12.5 Å². The molecule has 1 N–H and O–H groups in total. The van der Waals surface area contributed by atoms with E-state index in [0.717, 1.165) is 16.9 Å². The van der Waals surface area contributed by atoms with Crippen molar-refractivity contribution in [2.75, 3.05) is 6.61 Å². The van der Waals surface area contributed by atoms with Gasteiger partial charge in [-0.15, -0.1) is 0 Å². The fourth-order valence-corrected chi connectivity index (χ4v) is 3.35. The van der Waals surface area contributed by atoms with E-state index in [1.807, 2.05) is 24.3 Å². The zero-order chi connectivity index (χ0) is 20.9. The number of nitrogens with one attached hydrogen (secondary N) is 1. The molecule has 152 valence electrons. The Labute approximate surface area is 180 Å². The Morgan fingerprint density at radius 3 is 2.53 bits per heavy atom. The Hall–Kier alpha value is -3.31. The number of ether oxygens (including phenoxy) is 1. The van der Waals surface area contributed by atoms with Gasteiger partial charge >= 0.3 is 0 Å². The maximum Gasteiger partial charge on any atom is 0.258 e. The molecule has 0 unspecified atom stereocenters. The molecule has 0 aliphatic heterocycles. The van der Waals surface area contributed by atoms with Crippen molar-refractivity contribution in [3.05, 3.63) is 94.8 Å². The van der Waals surface area contributed by atoms with Crippen molar-refractivity contribution in [2.45, 2.75) is 20.0 Å². The van der Waals surface area contributed by atoms with Crippen LogP contribution in [-0.4, -0.2) is 22.1 Å². The number of rotatable bonds is 7. The molecule has 0 spiro atoms. The summed E-state index contributed by atoms with van der Waals surface area (Å²) in [5.41, 5.74) is 4.36. The van der Waals surface area contributed by atoms with Gasteiger partial charge in [0.15, 0.2) is 6.61 Å². The molecule has 0 bridgehead atoms. The van der Waals surface area contributed by atoms with Gasteiger partial charge in [-0.2, -0.15) is 0 Å². The number of fused-ring (bicyclic) bond motifs is 1. The van der Waals surface area contributed by atoms with Crippen molar-refractivity contribution in [3.8, 4) is 5.75 Å². The topological polar surface area (TPSA) is 56.2 Å². The van der Waals surface area contributed by atoms with Crippen LogP contribution in [0.5, 0.6) is 5.75 Å². The predicted octanol–water partition coefficient (Wildman–Crippen LogP) is 4.74. The van der Waals surface area contributed by atoms with E-state index < -0.39 is 0 Å². The largest absolute Gasteiger partial charge is 0.484 e. The average molecular weight is 420 g/mol. The molecule has 4 aromatic rings. The SMILES string of the molecule is Cc1ccc(Cn2c(CNC(=O)COc3ccc(Cl)cc3)nc3ccccc32)cc1. The lowest BCUT2D eigenvalue weighted by Crippen LogP contribution is -2.29. The third-order valence-electron chi connectivity index (χ3n) is 4.82. The van der Waals surface area contributed by atoms with E-state index in [1.165, 1.54) is 11.1 Å². The number of imidazole rings is 1. The summed E-state index contributed by atoms with van der Waals surface area (Å²) in [6.45, 7) is 3.01. The first-order valence-electron chi connectivity index (χ1n) is 9.73. The van der Waals surface area contributed by atoms with Gasteiger partial charge in [-0.3, -0.25) is 4.79 Å². The van der Waals surface area contributed by atoms with Crippen LogP contribution in [0, 0.1) is 6.92 Å². The van der Waals surface area contributed by atoms with Gasteiger partial charge in [-0.05, 0) is 48.9 Å². The number of hydrogen-bond acceptors (Lipinski definition) is 3. The van der Waals surface area contributed by atoms with E-state index in [2.05, 4.69) is 41.1 Å². The summed E-state index contributed by atoms with van der Waals surface area (Å²) < 4.78 is 7.65. The lowest BCUT2D eigenvalue weighted by atomic mass is 10.1. The lowest BCUT2D eigenvalue weighted by molar-refractivity contribution is -0.123. The molecule has 1 aromatic heterocycles. The smallest absolute Gasteiger partial charge is 0.258 e. The maximum absolute atomic E-state index is 12.3. The summed E-state index contributed by atoms with van der Waals surface area (Å²) >= 11 is 5.86. The van der Waals surface area contributed by atoms with Crippen LogP contribution in [0.4, 0.5) is 0 Å². The van der Waals surface area contributed by atoms with Gasteiger partial charge in [0.2, 0.25) is 0 Å². The summed E-state index contributed by atoms with van der Waals surface area (Å²) in [6.07, 6.45) is 0. The molecule has 0 atom stereocenters. The standard InChI is InChI=1S/C24H22ClN3O2/c1-17-6-8-18(9-7-17)15-28-22-5-3-2-4-21(22)27-23(28)14-26-24(29)16-30-20-12-10-19(25)11-13-20/h2-13H,14-16H2,1H3,(H,26,29). The number of nitrogens with zero attached hydrogens (tertiary/aromatic N) is 2. The van der Waals surface area contributed by atoms with Gasteiger partial charge in [0.1, 0.15) is 11.6 Å². The fourth-order valence-electron chi connectivity index (χ4n) is 3.22. The third-order valence-corrected chi connectivity index (χ3v) is 5.07. The minimum atomic E-state index is -0.209. The van der Waals surface area contributed by atoms with Gasteiger partial charge in [0.25, 0.3) is 5.91 Å². The number of hydrogen-bond donors (Lipinski definition) is 1. The van der Waals surface area contributed by atoms with Crippen LogP contribution in [0.2, 0.25) is 5.02 Å². The molecule has 0 fully saturated rings. The number of carbonyl (C=O) groups is 1. The predicted molar refractivity (Wildman–Crippen MR) is 119 cm³/mol. The monoisotopic (exact) mass is 419 g/mol. The first-order chi connectivity index (χ1) is 14.6. The molecule has 0 radical (unpaired) electrons. The highest BCUT2D eigenvalue weighted by Crippen LogP contribution is 2.19. The summed E-state index contributed by atoms with van der Waals surface area (Å²) in [5, 5.41) is 3.53. The zero-order valence-electron chi connectivity index (χ0n) is 16.6. The minimum Gasteiger partial charge on any atom is -0.484 e. The number of para-hydroxylation sites is 2. The quantitative estimate of drug-likeness (QED) is 0.470. The van der Waals surface area contributed by atoms with E-state index in [1.54, 1.807) is 24.3 Å². The van der Waals surface area contributed by atoms with Crippen LogP contribution in [-0.2, 0) is 17.9 Å². The lowest BCUT2D eigenvalue weighted by Gasteiger charge is -2.11. The van der Waals surface area contributed by atoms with Gasteiger partial charge in [0, 0.05) is 11.6 Å². The molecule has 6 heteroatoms. The first kappa shape index (κ1) is 20.0. The van der Waals surface area contributed by atoms with Crippen LogP contribution in [0.3, 0.4) is 0 Å². The van der Waals surface area contributed by atoms with Crippen LogP contribution < -0.4 is 10.1 Å². The van der Waals surface area contributed by atoms with E-state index >= 15 is 0 Å². The molecule has 0 saturated carbocycles.